The summed E-state index contributed by atoms with van der Waals surface area (Å²) in [6.45, 7) is 2.99. The zero-order valence-electron chi connectivity index (χ0n) is 14.5. The maximum absolute atomic E-state index is 12.1. The van der Waals surface area contributed by atoms with Crippen molar-refractivity contribution in [3.05, 3.63) is 0 Å². The molecule has 0 aromatic heterocycles. The second-order valence-corrected chi connectivity index (χ2v) is 6.23. The SMILES string of the molecule is CC(C)C(N)C(=O)NCC(=O)NC(CC(N)=O)C(=O)NC(CS)C(=O)O. The van der Waals surface area contributed by atoms with E-state index in [0.717, 1.165) is 0 Å². The van der Waals surface area contributed by atoms with Crippen LogP contribution in [-0.4, -0.2) is 65.1 Å². The predicted molar refractivity (Wildman–Crippen MR) is 95.0 cm³/mol. The molecule has 0 rings (SSSR count). The van der Waals surface area contributed by atoms with Gasteiger partial charge in [0.1, 0.15) is 12.1 Å². The maximum atomic E-state index is 12.1. The summed E-state index contributed by atoms with van der Waals surface area (Å²) in [5.41, 5.74) is 10.7. The molecule has 12 heteroatoms. The molecule has 0 saturated carbocycles. The lowest BCUT2D eigenvalue weighted by molar-refractivity contribution is -0.141. The first-order valence-electron chi connectivity index (χ1n) is 7.74. The molecule has 148 valence electrons. The minimum absolute atomic E-state index is 0.138. The van der Waals surface area contributed by atoms with Crippen LogP contribution < -0.4 is 27.4 Å². The number of thiol groups is 1. The van der Waals surface area contributed by atoms with Crippen molar-refractivity contribution in [3.63, 3.8) is 0 Å². The molecule has 0 aromatic rings. The number of carbonyl (C=O) groups excluding carboxylic acids is 4. The Bertz CT molecular complexity index is 556. The van der Waals surface area contributed by atoms with Crippen molar-refractivity contribution in [3.8, 4) is 0 Å². The average molecular weight is 391 g/mol. The molecular weight excluding hydrogens is 366 g/mol. The van der Waals surface area contributed by atoms with Crippen LogP contribution in [0.4, 0.5) is 0 Å². The van der Waals surface area contributed by atoms with Crippen molar-refractivity contribution < 1.29 is 29.1 Å². The van der Waals surface area contributed by atoms with Gasteiger partial charge >= 0.3 is 5.97 Å². The topological polar surface area (TPSA) is 194 Å². The van der Waals surface area contributed by atoms with Crippen molar-refractivity contribution in [1.82, 2.24) is 16.0 Å². The Hall–Kier alpha value is -2.34. The van der Waals surface area contributed by atoms with E-state index in [2.05, 4.69) is 28.6 Å². The van der Waals surface area contributed by atoms with Crippen molar-refractivity contribution in [1.29, 1.82) is 0 Å². The van der Waals surface area contributed by atoms with Crippen LogP contribution >= 0.6 is 12.6 Å². The first-order chi connectivity index (χ1) is 12.0. The van der Waals surface area contributed by atoms with E-state index in [1.165, 1.54) is 0 Å². The summed E-state index contributed by atoms with van der Waals surface area (Å²) in [5, 5.41) is 15.6. The molecule has 3 unspecified atom stereocenters. The minimum atomic E-state index is -1.39. The van der Waals surface area contributed by atoms with Gasteiger partial charge in [0.05, 0.1) is 19.0 Å². The standard InChI is InChI=1S/C14H25N5O6S/c1-6(2)11(16)13(23)17-4-10(21)18-7(3-9(15)20)12(22)19-8(5-26)14(24)25/h6-8,11,26H,3-5,16H2,1-2H3,(H2,15,20)(H,17,23)(H,18,21)(H,19,22)(H,24,25). The van der Waals surface area contributed by atoms with Crippen LogP contribution in [0, 0.1) is 5.92 Å². The number of aliphatic carboxylic acids is 1. The van der Waals surface area contributed by atoms with E-state index in [9.17, 15) is 24.0 Å². The van der Waals surface area contributed by atoms with Crippen LogP contribution in [0.5, 0.6) is 0 Å². The molecular formula is C14H25N5O6S. The van der Waals surface area contributed by atoms with Gasteiger partial charge in [-0.05, 0) is 5.92 Å². The third-order valence-corrected chi connectivity index (χ3v) is 3.66. The molecule has 0 aliphatic heterocycles. The Labute approximate surface area is 156 Å². The Morgan fingerprint density at radius 1 is 1.04 bits per heavy atom. The monoisotopic (exact) mass is 391 g/mol. The van der Waals surface area contributed by atoms with Gasteiger partial charge in [0.25, 0.3) is 0 Å². The molecule has 0 aliphatic carbocycles. The number of carboxylic acids is 1. The minimum Gasteiger partial charge on any atom is -0.480 e. The van der Waals surface area contributed by atoms with E-state index in [-0.39, 0.29) is 11.7 Å². The van der Waals surface area contributed by atoms with E-state index in [1.54, 1.807) is 13.8 Å². The third-order valence-electron chi connectivity index (χ3n) is 3.30. The van der Waals surface area contributed by atoms with Crippen molar-refractivity contribution in [2.24, 2.45) is 17.4 Å². The van der Waals surface area contributed by atoms with E-state index >= 15 is 0 Å². The fourth-order valence-corrected chi connectivity index (χ4v) is 1.95. The van der Waals surface area contributed by atoms with Crippen LogP contribution in [0.2, 0.25) is 0 Å². The number of carboxylic acid groups (broad SMARTS) is 1. The number of hydrogen-bond acceptors (Lipinski definition) is 7. The Balaban J connectivity index is 4.81. The van der Waals surface area contributed by atoms with Gasteiger partial charge in [-0.3, -0.25) is 19.2 Å². The maximum Gasteiger partial charge on any atom is 0.327 e. The third kappa shape index (κ3) is 8.67. The normalized spacial score (nSPS) is 14.0. The van der Waals surface area contributed by atoms with Crippen LogP contribution in [-0.2, 0) is 24.0 Å². The lowest BCUT2D eigenvalue weighted by atomic mass is 10.1. The molecule has 4 amide bonds. The number of nitrogens with two attached hydrogens (primary N) is 2. The van der Waals surface area contributed by atoms with Crippen LogP contribution in [0.15, 0.2) is 0 Å². The molecule has 0 spiro atoms. The second kappa shape index (κ2) is 11.3. The number of rotatable bonds is 11. The zero-order valence-corrected chi connectivity index (χ0v) is 15.4. The Kier molecular flexibility index (Phi) is 10.3. The molecule has 0 radical (unpaired) electrons. The molecule has 8 N–H and O–H groups in total. The number of hydrogen-bond donors (Lipinski definition) is 7. The van der Waals surface area contributed by atoms with E-state index in [1.807, 2.05) is 0 Å². The molecule has 26 heavy (non-hydrogen) atoms. The molecule has 0 aliphatic rings. The summed E-state index contributed by atoms with van der Waals surface area (Å²) in [7, 11) is 0. The van der Waals surface area contributed by atoms with Gasteiger partial charge in [-0.25, -0.2) is 4.79 Å². The first kappa shape index (κ1) is 23.7. The lowest BCUT2D eigenvalue weighted by Crippen LogP contribution is -2.55. The first-order valence-corrected chi connectivity index (χ1v) is 8.37. The van der Waals surface area contributed by atoms with E-state index < -0.39 is 60.7 Å². The number of amides is 4. The molecule has 0 saturated heterocycles. The fraction of sp³-hybridized carbons (Fsp3) is 0.643. The summed E-state index contributed by atoms with van der Waals surface area (Å²) in [6, 6.07) is -3.50. The smallest absolute Gasteiger partial charge is 0.327 e. The van der Waals surface area contributed by atoms with Crippen molar-refractivity contribution >= 4 is 42.2 Å². The van der Waals surface area contributed by atoms with Gasteiger partial charge < -0.3 is 32.5 Å². The Morgan fingerprint density at radius 3 is 2.04 bits per heavy atom. The van der Waals surface area contributed by atoms with Gasteiger partial charge in [-0.1, -0.05) is 13.8 Å². The second-order valence-electron chi connectivity index (χ2n) is 5.86. The highest BCUT2D eigenvalue weighted by Crippen LogP contribution is 1.98. The highest BCUT2D eigenvalue weighted by molar-refractivity contribution is 7.80. The lowest BCUT2D eigenvalue weighted by Gasteiger charge is -2.20. The van der Waals surface area contributed by atoms with E-state index in [4.69, 9.17) is 16.6 Å². The summed E-state index contributed by atoms with van der Waals surface area (Å²) in [4.78, 5) is 57.7. The van der Waals surface area contributed by atoms with Crippen LogP contribution in [0.3, 0.4) is 0 Å². The highest BCUT2D eigenvalue weighted by Gasteiger charge is 2.27. The van der Waals surface area contributed by atoms with Crippen molar-refractivity contribution in [2.75, 3.05) is 12.3 Å². The highest BCUT2D eigenvalue weighted by atomic mass is 32.1. The molecule has 11 nitrogen and oxygen atoms in total. The van der Waals surface area contributed by atoms with Crippen LogP contribution in [0.1, 0.15) is 20.3 Å². The van der Waals surface area contributed by atoms with Gasteiger partial charge in [0.2, 0.25) is 23.6 Å². The molecule has 0 heterocycles. The number of carbonyl (C=O) groups is 5. The quantitative estimate of drug-likeness (QED) is 0.182. The molecule has 3 atom stereocenters. The number of primary amides is 1. The molecule has 0 bridgehead atoms. The largest absolute Gasteiger partial charge is 0.480 e. The summed E-state index contributed by atoms with van der Waals surface area (Å²) in [5.74, 6) is -4.77. The van der Waals surface area contributed by atoms with Gasteiger partial charge in [-0.2, -0.15) is 12.6 Å². The summed E-state index contributed by atoms with van der Waals surface area (Å²) in [6.07, 6.45) is -0.546. The number of nitrogens with one attached hydrogen (secondary N) is 3. The fourth-order valence-electron chi connectivity index (χ4n) is 1.70. The zero-order chi connectivity index (χ0) is 20.4. The van der Waals surface area contributed by atoms with Crippen LogP contribution in [0.25, 0.3) is 0 Å². The summed E-state index contributed by atoms with van der Waals surface area (Å²) >= 11 is 3.80. The van der Waals surface area contributed by atoms with Gasteiger partial charge in [0, 0.05) is 5.75 Å². The molecule has 0 aromatic carbocycles. The Morgan fingerprint density at radius 2 is 1.62 bits per heavy atom. The molecule has 0 fully saturated rings. The van der Waals surface area contributed by atoms with Gasteiger partial charge in [-0.15, -0.1) is 0 Å². The van der Waals surface area contributed by atoms with Crippen molar-refractivity contribution in [2.45, 2.75) is 38.4 Å². The predicted octanol–water partition coefficient (Wildman–Crippen LogP) is -3.05. The van der Waals surface area contributed by atoms with E-state index in [0.29, 0.717) is 0 Å². The average Bonchev–Trinajstić information content (AvgIpc) is 2.54. The van der Waals surface area contributed by atoms with Gasteiger partial charge in [0.15, 0.2) is 0 Å². The summed E-state index contributed by atoms with van der Waals surface area (Å²) < 4.78 is 0.